The van der Waals surface area contributed by atoms with E-state index in [9.17, 15) is 14.0 Å². The number of benzene rings is 2. The van der Waals surface area contributed by atoms with Gasteiger partial charge in [0.05, 0.1) is 35.5 Å². The van der Waals surface area contributed by atoms with Gasteiger partial charge in [-0.3, -0.25) is 15.1 Å². The number of halogens is 1. The summed E-state index contributed by atoms with van der Waals surface area (Å²) < 4.78 is 24.0. The molecule has 45 heavy (non-hydrogen) atoms. The van der Waals surface area contributed by atoms with E-state index in [4.69, 9.17) is 9.84 Å². The SMILES string of the molecule is Cc1cc(Oc2ccc(NC(=O)Nc3cc(C(C)(C)C)nn3-c3ccc(CNC(=O)Cc4cn(C)cn4)cc3)c(F)c2)ccn1. The van der Waals surface area contributed by atoms with Crippen LogP contribution in [0, 0.1) is 12.7 Å². The molecule has 232 valence electrons. The molecule has 0 aliphatic carbocycles. The number of aryl methyl sites for hydroxylation is 2. The molecule has 3 aromatic heterocycles. The molecule has 0 radical (unpaired) electrons. The van der Waals surface area contributed by atoms with Crippen LogP contribution in [0.1, 0.15) is 43.4 Å². The first-order valence-corrected chi connectivity index (χ1v) is 14.3. The van der Waals surface area contributed by atoms with E-state index in [1.54, 1.807) is 46.0 Å². The Hall–Kier alpha value is -5.52. The first-order valence-electron chi connectivity index (χ1n) is 14.3. The van der Waals surface area contributed by atoms with Gasteiger partial charge in [0.2, 0.25) is 5.91 Å². The Balaban J connectivity index is 1.25. The first-order chi connectivity index (χ1) is 21.4. The Morgan fingerprint density at radius 3 is 2.38 bits per heavy atom. The largest absolute Gasteiger partial charge is 0.457 e. The van der Waals surface area contributed by atoms with Gasteiger partial charge in [0.1, 0.15) is 23.1 Å². The van der Waals surface area contributed by atoms with Crippen LogP contribution in [0.4, 0.5) is 20.7 Å². The number of pyridine rings is 1. The van der Waals surface area contributed by atoms with Crippen molar-refractivity contribution < 1.29 is 18.7 Å². The fraction of sp³-hybridized carbons (Fsp3) is 0.242. The summed E-state index contributed by atoms with van der Waals surface area (Å²) in [6, 6.07) is 16.2. The van der Waals surface area contributed by atoms with Gasteiger partial charge in [-0.05, 0) is 42.8 Å². The van der Waals surface area contributed by atoms with Crippen molar-refractivity contribution in [1.82, 2.24) is 29.6 Å². The molecule has 0 atom stereocenters. The Morgan fingerprint density at radius 2 is 1.71 bits per heavy atom. The van der Waals surface area contributed by atoms with Crippen molar-refractivity contribution in [2.24, 2.45) is 7.05 Å². The lowest BCUT2D eigenvalue weighted by molar-refractivity contribution is -0.120. The van der Waals surface area contributed by atoms with Crippen molar-refractivity contribution in [2.75, 3.05) is 10.6 Å². The molecule has 0 aliphatic heterocycles. The summed E-state index contributed by atoms with van der Waals surface area (Å²) in [7, 11) is 1.85. The summed E-state index contributed by atoms with van der Waals surface area (Å²) in [4.78, 5) is 33.6. The van der Waals surface area contributed by atoms with E-state index in [2.05, 4.69) is 25.9 Å². The maximum Gasteiger partial charge on any atom is 0.324 e. The molecule has 3 heterocycles. The van der Waals surface area contributed by atoms with E-state index in [-0.39, 0.29) is 29.2 Å². The highest BCUT2D eigenvalue weighted by Gasteiger charge is 2.22. The number of hydrogen-bond acceptors (Lipinski definition) is 6. The lowest BCUT2D eigenvalue weighted by Gasteiger charge is -2.14. The highest BCUT2D eigenvalue weighted by atomic mass is 19.1. The third kappa shape index (κ3) is 8.11. The fourth-order valence-electron chi connectivity index (χ4n) is 4.42. The van der Waals surface area contributed by atoms with Crippen LogP contribution in [0.5, 0.6) is 11.5 Å². The van der Waals surface area contributed by atoms with Crippen molar-refractivity contribution in [3.8, 4) is 17.2 Å². The topological polar surface area (TPSA) is 128 Å². The molecule has 0 fully saturated rings. The van der Waals surface area contributed by atoms with Gasteiger partial charge in [-0.15, -0.1) is 0 Å². The van der Waals surface area contributed by atoms with Crippen LogP contribution >= 0.6 is 0 Å². The fourth-order valence-corrected chi connectivity index (χ4v) is 4.42. The highest BCUT2D eigenvalue weighted by Crippen LogP contribution is 2.28. The molecule has 0 unspecified atom stereocenters. The van der Waals surface area contributed by atoms with E-state index in [0.29, 0.717) is 29.5 Å². The van der Waals surface area contributed by atoms with E-state index in [1.807, 2.05) is 65.2 Å². The molecule has 3 N–H and O–H groups in total. The Labute approximate surface area is 260 Å². The van der Waals surface area contributed by atoms with Gasteiger partial charge in [-0.1, -0.05) is 32.9 Å². The summed E-state index contributed by atoms with van der Waals surface area (Å²) in [6.45, 7) is 8.24. The van der Waals surface area contributed by atoms with Crippen LogP contribution in [0.25, 0.3) is 5.69 Å². The lowest BCUT2D eigenvalue weighted by Crippen LogP contribution is -2.24. The van der Waals surface area contributed by atoms with Crippen LogP contribution < -0.4 is 20.7 Å². The average Bonchev–Trinajstić information content (AvgIpc) is 3.59. The Kier molecular flexibility index (Phi) is 8.93. The minimum Gasteiger partial charge on any atom is -0.457 e. The number of urea groups is 1. The molecule has 0 aliphatic rings. The molecular weight excluding hydrogens is 575 g/mol. The summed E-state index contributed by atoms with van der Waals surface area (Å²) >= 11 is 0. The van der Waals surface area contributed by atoms with Gasteiger partial charge < -0.3 is 19.9 Å². The monoisotopic (exact) mass is 610 g/mol. The molecule has 0 saturated heterocycles. The zero-order valence-corrected chi connectivity index (χ0v) is 25.8. The minimum atomic E-state index is -0.653. The molecule has 3 amide bonds. The highest BCUT2D eigenvalue weighted by molar-refractivity contribution is 5.99. The third-order valence-electron chi connectivity index (χ3n) is 6.78. The van der Waals surface area contributed by atoms with E-state index >= 15 is 0 Å². The molecule has 5 rings (SSSR count). The molecule has 0 spiro atoms. The van der Waals surface area contributed by atoms with Crippen LogP contribution in [-0.2, 0) is 30.2 Å². The van der Waals surface area contributed by atoms with Gasteiger partial charge in [-0.2, -0.15) is 5.10 Å². The van der Waals surface area contributed by atoms with Gasteiger partial charge in [0.25, 0.3) is 0 Å². The second kappa shape index (κ2) is 13.0. The number of carbonyl (C=O) groups is 2. The van der Waals surface area contributed by atoms with Crippen LogP contribution in [-0.4, -0.2) is 36.3 Å². The van der Waals surface area contributed by atoms with Crippen molar-refractivity contribution >= 4 is 23.4 Å². The molecule has 0 bridgehead atoms. The van der Waals surface area contributed by atoms with Gasteiger partial charge in [0.15, 0.2) is 0 Å². The zero-order chi connectivity index (χ0) is 32.1. The predicted molar refractivity (Wildman–Crippen MR) is 169 cm³/mol. The van der Waals surface area contributed by atoms with Crippen molar-refractivity contribution in [2.45, 2.75) is 46.1 Å². The summed E-state index contributed by atoms with van der Waals surface area (Å²) in [5, 5.41) is 13.0. The standard InChI is InChI=1S/C33H35FN8O3/c1-21-14-26(12-13-35-21)45-25-10-11-28(27(34)16-25)38-32(44)39-30-17-29(33(2,3)4)40-42(30)24-8-6-22(7-9-24)18-36-31(43)15-23-19-41(5)20-37-23/h6-14,16-17,19-20H,15,18H2,1-5H3,(H,36,43)(H2,38,39,44). The van der Waals surface area contributed by atoms with E-state index in [1.165, 1.54) is 12.1 Å². The first kappa shape index (κ1) is 30.9. The zero-order valence-electron chi connectivity index (χ0n) is 25.8. The summed E-state index contributed by atoms with van der Waals surface area (Å²) in [6.07, 6.45) is 5.28. The van der Waals surface area contributed by atoms with Crippen molar-refractivity contribution in [3.05, 3.63) is 108 Å². The predicted octanol–water partition coefficient (Wildman–Crippen LogP) is 6.04. The van der Waals surface area contributed by atoms with Gasteiger partial charge in [-0.25, -0.2) is 18.9 Å². The Morgan fingerprint density at radius 1 is 0.956 bits per heavy atom. The number of nitrogens with zero attached hydrogens (tertiary/aromatic N) is 5. The van der Waals surface area contributed by atoms with Gasteiger partial charge >= 0.3 is 6.03 Å². The third-order valence-corrected chi connectivity index (χ3v) is 6.78. The molecule has 2 aromatic carbocycles. The molecule has 11 nitrogen and oxygen atoms in total. The molecule has 12 heteroatoms. The molecular formula is C33H35FN8O3. The number of aromatic nitrogens is 5. The summed E-state index contributed by atoms with van der Waals surface area (Å²) in [5.41, 5.74) is 3.51. The number of hydrogen-bond donors (Lipinski definition) is 3. The Bertz CT molecular complexity index is 1820. The average molecular weight is 611 g/mol. The maximum atomic E-state index is 14.9. The van der Waals surface area contributed by atoms with E-state index in [0.717, 1.165) is 17.0 Å². The van der Waals surface area contributed by atoms with Gasteiger partial charge in [0, 0.05) is 55.3 Å². The number of carbonyl (C=O) groups excluding carboxylic acids is 2. The second-order valence-corrected chi connectivity index (χ2v) is 11.7. The number of ether oxygens (including phenoxy) is 1. The second-order valence-electron chi connectivity index (χ2n) is 11.7. The normalized spacial score (nSPS) is 11.2. The molecule has 0 saturated carbocycles. The number of rotatable bonds is 9. The lowest BCUT2D eigenvalue weighted by atomic mass is 9.92. The smallest absolute Gasteiger partial charge is 0.324 e. The quantitative estimate of drug-likeness (QED) is 0.187. The number of nitrogens with one attached hydrogen (secondary N) is 3. The van der Waals surface area contributed by atoms with Crippen LogP contribution in [0.2, 0.25) is 0 Å². The number of amides is 3. The van der Waals surface area contributed by atoms with Crippen LogP contribution in [0.15, 0.2) is 79.4 Å². The molecule has 5 aromatic rings. The minimum absolute atomic E-state index is 0.0117. The van der Waals surface area contributed by atoms with E-state index < -0.39 is 11.8 Å². The number of imidazole rings is 1. The maximum absolute atomic E-state index is 14.9. The summed E-state index contributed by atoms with van der Waals surface area (Å²) in [5.74, 6) is 0.441. The number of anilines is 2. The van der Waals surface area contributed by atoms with Crippen molar-refractivity contribution in [1.29, 1.82) is 0 Å². The van der Waals surface area contributed by atoms with Crippen molar-refractivity contribution in [3.63, 3.8) is 0 Å². The van der Waals surface area contributed by atoms with Crippen LogP contribution in [0.3, 0.4) is 0 Å².